The maximum atomic E-state index is 12.1. The van der Waals surface area contributed by atoms with Crippen molar-refractivity contribution in [1.82, 2.24) is 4.98 Å². The molecule has 2 heterocycles. The van der Waals surface area contributed by atoms with Crippen molar-refractivity contribution in [2.45, 2.75) is 39.2 Å². The summed E-state index contributed by atoms with van der Waals surface area (Å²) in [4.78, 5) is 17.5. The van der Waals surface area contributed by atoms with Gasteiger partial charge in [0, 0.05) is 22.9 Å². The highest BCUT2D eigenvalue weighted by Gasteiger charge is 2.43. The quantitative estimate of drug-likeness (QED) is 0.347. The lowest BCUT2D eigenvalue weighted by molar-refractivity contribution is 0.102. The normalized spacial score (nSPS) is 21.3. The van der Waals surface area contributed by atoms with E-state index in [1.54, 1.807) is 6.92 Å². The molecule has 1 fully saturated rings. The van der Waals surface area contributed by atoms with Gasteiger partial charge in [-0.05, 0) is 61.1 Å². The minimum absolute atomic E-state index is 0.0223. The van der Waals surface area contributed by atoms with Gasteiger partial charge in [-0.15, -0.1) is 0 Å². The molecule has 0 radical (unpaired) electrons. The van der Waals surface area contributed by atoms with Crippen molar-refractivity contribution in [1.29, 1.82) is 0 Å². The number of anilines is 1. The Bertz CT molecular complexity index is 1300. The molecule has 0 N–H and O–H groups in total. The van der Waals surface area contributed by atoms with Gasteiger partial charge in [-0.1, -0.05) is 70.9 Å². The monoisotopic (exact) mass is 495 g/mol. The molecule has 3 aromatic rings. The summed E-state index contributed by atoms with van der Waals surface area (Å²) in [6.07, 6.45) is 5.17. The topological polar surface area (TPSA) is 45.6 Å². The highest BCUT2D eigenvalue weighted by atomic mass is 35.5. The lowest BCUT2D eigenvalue weighted by atomic mass is 9.77. The molecular weight excluding hydrogens is 473 g/mol. The summed E-state index contributed by atoms with van der Waals surface area (Å²) in [6.45, 7) is 3.45. The smallest absolute Gasteiger partial charge is 0.207 e. The number of aryl methyl sites for hydroxylation is 1. The molecule has 7 heteroatoms. The van der Waals surface area contributed by atoms with Gasteiger partial charge < -0.3 is 0 Å². The minimum Gasteiger partial charge on any atom is -0.294 e. The molecule has 1 aliphatic heterocycles. The van der Waals surface area contributed by atoms with Gasteiger partial charge in [-0.25, -0.2) is 9.99 Å². The van der Waals surface area contributed by atoms with Crippen LogP contribution in [0.2, 0.25) is 10.0 Å². The van der Waals surface area contributed by atoms with Gasteiger partial charge in [0.1, 0.15) is 0 Å². The van der Waals surface area contributed by atoms with Crippen LogP contribution in [0.3, 0.4) is 0 Å². The summed E-state index contributed by atoms with van der Waals surface area (Å²) >= 11 is 14.5. The van der Waals surface area contributed by atoms with E-state index < -0.39 is 0 Å². The predicted octanol–water partition coefficient (Wildman–Crippen LogP) is 7.76. The highest BCUT2D eigenvalue weighted by molar-refractivity contribution is 7.17. The summed E-state index contributed by atoms with van der Waals surface area (Å²) < 4.78 is 0. The van der Waals surface area contributed by atoms with E-state index in [1.807, 2.05) is 54.4 Å². The fraction of sp³-hybridized carbons (Fsp3) is 0.269. The number of carbonyl (C=O) groups is 1. The second-order valence-electron chi connectivity index (χ2n) is 8.45. The number of allylic oxidation sites excluding steroid dienone is 1. The first-order valence-corrected chi connectivity index (χ1v) is 12.6. The van der Waals surface area contributed by atoms with Gasteiger partial charge in [0.25, 0.3) is 0 Å². The maximum absolute atomic E-state index is 12.1. The molecule has 168 valence electrons. The second-order valence-corrected chi connectivity index (χ2v) is 10.2. The van der Waals surface area contributed by atoms with E-state index in [4.69, 9.17) is 33.3 Å². The standard InChI is InChI=1S/C26H23Cl2N3OS/c1-15-25(16(2)32)33-26(29-15)31-24(19-10-4-6-13-22(19)28)20-11-7-9-18(23(20)30-31)14-17-8-3-5-12-21(17)27/h3-6,8,10,12-14,20,24H,7,9,11H2,1-2H3/b18-14-. The van der Waals surface area contributed by atoms with Gasteiger partial charge in [0.2, 0.25) is 5.13 Å². The van der Waals surface area contributed by atoms with Gasteiger partial charge in [0.05, 0.1) is 22.3 Å². The van der Waals surface area contributed by atoms with E-state index in [0.29, 0.717) is 9.90 Å². The molecule has 2 atom stereocenters. The first kappa shape index (κ1) is 22.3. The summed E-state index contributed by atoms with van der Waals surface area (Å²) in [6, 6.07) is 15.7. The third-order valence-corrected chi connectivity index (χ3v) is 8.20. The van der Waals surface area contributed by atoms with Crippen LogP contribution in [0.15, 0.2) is 59.2 Å². The molecule has 1 aliphatic carbocycles. The Balaban J connectivity index is 1.64. The van der Waals surface area contributed by atoms with Crippen LogP contribution in [-0.2, 0) is 0 Å². The van der Waals surface area contributed by atoms with Gasteiger partial charge >= 0.3 is 0 Å². The Hall–Kier alpha value is -2.47. The molecule has 1 aromatic heterocycles. The second kappa shape index (κ2) is 9.05. The lowest BCUT2D eigenvalue weighted by Gasteiger charge is -2.30. The molecular formula is C26H23Cl2N3OS. The number of thiazole rings is 1. The van der Waals surface area contributed by atoms with Crippen molar-refractivity contribution in [2.75, 3.05) is 5.01 Å². The highest BCUT2D eigenvalue weighted by Crippen LogP contribution is 2.48. The largest absolute Gasteiger partial charge is 0.294 e. The Morgan fingerprint density at radius 2 is 1.85 bits per heavy atom. The van der Waals surface area contributed by atoms with Crippen molar-refractivity contribution < 1.29 is 4.79 Å². The number of rotatable bonds is 4. The van der Waals surface area contributed by atoms with E-state index >= 15 is 0 Å². The first-order chi connectivity index (χ1) is 15.9. The molecule has 0 spiro atoms. The summed E-state index contributed by atoms with van der Waals surface area (Å²) in [5.74, 6) is 0.200. The summed E-state index contributed by atoms with van der Waals surface area (Å²) in [7, 11) is 0. The summed E-state index contributed by atoms with van der Waals surface area (Å²) in [5.41, 5.74) is 5.01. The van der Waals surface area contributed by atoms with Crippen LogP contribution >= 0.6 is 34.5 Å². The Kier molecular flexibility index (Phi) is 6.12. The lowest BCUT2D eigenvalue weighted by Crippen LogP contribution is -2.28. The Morgan fingerprint density at radius 1 is 1.12 bits per heavy atom. The number of hydrazone groups is 1. The number of halogens is 2. The fourth-order valence-electron chi connectivity index (χ4n) is 4.77. The van der Waals surface area contributed by atoms with Crippen LogP contribution in [0.4, 0.5) is 5.13 Å². The molecule has 2 unspecified atom stereocenters. The molecule has 0 amide bonds. The van der Waals surface area contributed by atoms with Crippen LogP contribution in [0, 0.1) is 12.8 Å². The van der Waals surface area contributed by atoms with Crippen molar-refractivity contribution in [3.63, 3.8) is 0 Å². The van der Waals surface area contributed by atoms with Crippen molar-refractivity contribution in [3.8, 4) is 0 Å². The molecule has 1 saturated carbocycles. The van der Waals surface area contributed by atoms with Gasteiger partial charge in [-0.3, -0.25) is 4.79 Å². The third-order valence-electron chi connectivity index (χ3n) is 6.26. The van der Waals surface area contributed by atoms with Crippen molar-refractivity contribution >= 4 is 57.2 Å². The zero-order valence-electron chi connectivity index (χ0n) is 18.4. The molecule has 4 nitrogen and oxygen atoms in total. The average Bonchev–Trinajstić information content (AvgIpc) is 3.37. The number of carbonyl (C=O) groups excluding carboxylic acids is 1. The number of hydrogen-bond donors (Lipinski definition) is 0. The van der Waals surface area contributed by atoms with Crippen LogP contribution in [-0.4, -0.2) is 16.5 Å². The first-order valence-electron chi connectivity index (χ1n) is 11.0. The Labute approximate surface area is 207 Å². The van der Waals surface area contributed by atoms with Crippen LogP contribution in [0.5, 0.6) is 0 Å². The molecule has 33 heavy (non-hydrogen) atoms. The number of ketones is 1. The fourth-order valence-corrected chi connectivity index (χ4v) is 6.16. The van der Waals surface area contributed by atoms with Crippen molar-refractivity contribution in [2.24, 2.45) is 11.0 Å². The number of fused-ring (bicyclic) bond motifs is 1. The number of benzene rings is 2. The molecule has 0 bridgehead atoms. The van der Waals surface area contributed by atoms with Crippen LogP contribution in [0.1, 0.15) is 58.7 Å². The van der Waals surface area contributed by atoms with E-state index in [1.165, 1.54) is 16.9 Å². The predicted molar refractivity (Wildman–Crippen MR) is 138 cm³/mol. The zero-order valence-corrected chi connectivity index (χ0v) is 20.7. The van der Waals surface area contributed by atoms with E-state index in [-0.39, 0.29) is 17.7 Å². The maximum Gasteiger partial charge on any atom is 0.207 e. The number of aromatic nitrogens is 1. The van der Waals surface area contributed by atoms with Gasteiger partial charge in [-0.2, -0.15) is 5.10 Å². The average molecular weight is 496 g/mol. The van der Waals surface area contributed by atoms with E-state index in [2.05, 4.69) is 12.1 Å². The van der Waals surface area contributed by atoms with Crippen molar-refractivity contribution in [3.05, 3.63) is 85.8 Å². The molecule has 2 aliphatic rings. The van der Waals surface area contributed by atoms with E-state index in [0.717, 1.165) is 51.9 Å². The Morgan fingerprint density at radius 3 is 2.55 bits per heavy atom. The number of nitrogens with zero attached hydrogens (tertiary/aromatic N) is 3. The van der Waals surface area contributed by atoms with Gasteiger partial charge in [0.15, 0.2) is 5.78 Å². The molecule has 2 aromatic carbocycles. The number of hydrogen-bond acceptors (Lipinski definition) is 5. The molecule has 5 rings (SSSR count). The minimum atomic E-state index is -0.0750. The van der Waals surface area contributed by atoms with Crippen LogP contribution < -0.4 is 5.01 Å². The summed E-state index contributed by atoms with van der Waals surface area (Å²) in [5, 5.41) is 9.27. The SMILES string of the molecule is CC(=O)c1sc(N2N=C3/C(=C\c4ccccc4Cl)CCCC3C2c2ccccc2Cl)nc1C. The van der Waals surface area contributed by atoms with Crippen LogP contribution in [0.25, 0.3) is 6.08 Å². The zero-order chi connectivity index (χ0) is 23.1. The number of Topliss-reactive ketones (excluding diaryl/α,β-unsaturated/α-hetero) is 1. The third kappa shape index (κ3) is 4.14. The molecule has 0 saturated heterocycles. The van der Waals surface area contributed by atoms with E-state index in [9.17, 15) is 4.79 Å².